The van der Waals surface area contributed by atoms with Crippen LogP contribution in [-0.2, 0) is 20.8 Å². The molecule has 1 atom stereocenters. The van der Waals surface area contributed by atoms with Crippen LogP contribution in [0.2, 0.25) is 0 Å². The van der Waals surface area contributed by atoms with E-state index in [-0.39, 0.29) is 30.0 Å². The summed E-state index contributed by atoms with van der Waals surface area (Å²) in [5, 5.41) is 3.41. The van der Waals surface area contributed by atoms with Gasteiger partial charge in [-0.15, -0.1) is 0 Å². The van der Waals surface area contributed by atoms with Crippen molar-refractivity contribution in [3.8, 4) is 11.1 Å². The largest absolute Gasteiger partial charge is 0.453 e. The molecule has 6 rings (SSSR count). The Bertz CT molecular complexity index is 1460. The van der Waals surface area contributed by atoms with Gasteiger partial charge in [-0.2, -0.15) is 0 Å². The van der Waals surface area contributed by atoms with E-state index in [2.05, 4.69) is 58.7 Å². The van der Waals surface area contributed by atoms with E-state index in [1.807, 2.05) is 29.2 Å². The van der Waals surface area contributed by atoms with Crippen molar-refractivity contribution in [2.75, 3.05) is 43.6 Å². The van der Waals surface area contributed by atoms with Crippen LogP contribution in [0.1, 0.15) is 68.4 Å². The maximum Gasteiger partial charge on any atom is 0.410 e. The van der Waals surface area contributed by atoms with Gasteiger partial charge in [0.1, 0.15) is 0 Å². The zero-order valence-corrected chi connectivity index (χ0v) is 27.0. The summed E-state index contributed by atoms with van der Waals surface area (Å²) in [5.41, 5.74) is 12.2. The maximum absolute atomic E-state index is 14.2. The van der Waals surface area contributed by atoms with Gasteiger partial charge in [0.2, 0.25) is 5.91 Å². The standard InChI is InChI=1S/C38H48N4O4/c1-45-38(44)42(33-17-15-32(39)16-18-33)26-27-8-7-13-30(24-27)31-14-19-35(41-20-22-46-23-21-41)34(25-31)40-37(43)36(29-11-5-6-12-29)28-9-3-2-4-10-28/h2-4,7-10,13-14,19,24-25,29,32-33,36H,5-6,11-12,15-18,20-23,26,39H2,1H3,(H,40,43). The molecule has 2 aliphatic carbocycles. The summed E-state index contributed by atoms with van der Waals surface area (Å²) in [5.74, 6) is 0.207. The van der Waals surface area contributed by atoms with E-state index in [9.17, 15) is 9.59 Å². The molecule has 1 unspecified atom stereocenters. The van der Waals surface area contributed by atoms with Crippen molar-refractivity contribution >= 4 is 23.4 Å². The highest BCUT2D eigenvalue weighted by atomic mass is 16.5. The molecule has 2 amide bonds. The SMILES string of the molecule is COC(=O)N(Cc1cccc(-c2ccc(N3CCOCC3)c(NC(=O)C(c3ccccc3)C3CCCC3)c2)c1)C1CCC(N)CC1. The number of morpholine rings is 1. The first kappa shape index (κ1) is 32.1. The number of nitrogens with two attached hydrogens (primary N) is 1. The third-order valence-corrected chi connectivity index (χ3v) is 10.1. The predicted octanol–water partition coefficient (Wildman–Crippen LogP) is 6.94. The van der Waals surface area contributed by atoms with E-state index in [4.69, 9.17) is 15.2 Å². The Hall–Kier alpha value is -3.88. The van der Waals surface area contributed by atoms with Crippen LogP contribution in [0.4, 0.5) is 16.2 Å². The number of hydrogen-bond acceptors (Lipinski definition) is 6. The van der Waals surface area contributed by atoms with E-state index in [1.165, 1.54) is 20.0 Å². The van der Waals surface area contributed by atoms with Crippen molar-refractivity contribution in [3.63, 3.8) is 0 Å². The molecule has 1 heterocycles. The third-order valence-electron chi connectivity index (χ3n) is 10.1. The summed E-state index contributed by atoms with van der Waals surface area (Å²) < 4.78 is 10.8. The lowest BCUT2D eigenvalue weighted by Crippen LogP contribution is -2.43. The molecule has 8 heteroatoms. The molecule has 3 aromatic carbocycles. The summed E-state index contributed by atoms with van der Waals surface area (Å²) >= 11 is 0. The Morgan fingerprint density at radius 1 is 0.913 bits per heavy atom. The fourth-order valence-electron chi connectivity index (χ4n) is 7.61. The zero-order chi connectivity index (χ0) is 31.9. The molecule has 1 aliphatic heterocycles. The first-order chi connectivity index (χ1) is 22.5. The second-order valence-electron chi connectivity index (χ2n) is 13.1. The monoisotopic (exact) mass is 624 g/mol. The minimum atomic E-state index is -0.305. The number of carbonyl (C=O) groups excluding carboxylic acids is 2. The van der Waals surface area contributed by atoms with Crippen LogP contribution in [0.15, 0.2) is 72.8 Å². The molecule has 0 radical (unpaired) electrons. The number of ether oxygens (including phenoxy) is 2. The lowest BCUT2D eigenvalue weighted by atomic mass is 9.84. The number of carbonyl (C=O) groups is 2. The highest BCUT2D eigenvalue weighted by molar-refractivity contribution is 5.99. The van der Waals surface area contributed by atoms with Gasteiger partial charge < -0.3 is 30.3 Å². The number of nitrogens with zero attached hydrogens (tertiary/aromatic N) is 2. The number of hydrogen-bond donors (Lipinski definition) is 2. The summed E-state index contributed by atoms with van der Waals surface area (Å²) in [4.78, 5) is 31.2. The molecule has 8 nitrogen and oxygen atoms in total. The van der Waals surface area contributed by atoms with E-state index >= 15 is 0 Å². The van der Waals surface area contributed by atoms with Crippen LogP contribution >= 0.6 is 0 Å². The van der Waals surface area contributed by atoms with Crippen LogP contribution in [0.3, 0.4) is 0 Å². The highest BCUT2D eigenvalue weighted by Crippen LogP contribution is 2.40. The molecule has 3 aromatic rings. The van der Waals surface area contributed by atoms with Crippen molar-refractivity contribution in [2.24, 2.45) is 11.7 Å². The second kappa shape index (κ2) is 15.1. The van der Waals surface area contributed by atoms with E-state index in [1.54, 1.807) is 0 Å². The van der Waals surface area contributed by atoms with Gasteiger partial charge in [-0.3, -0.25) is 4.79 Å². The summed E-state index contributed by atoms with van der Waals surface area (Å²) in [6, 6.07) is 25.3. The maximum atomic E-state index is 14.2. The first-order valence-corrected chi connectivity index (χ1v) is 17.0. The van der Waals surface area contributed by atoms with Gasteiger partial charge in [-0.1, -0.05) is 67.4 Å². The van der Waals surface area contributed by atoms with E-state index < -0.39 is 0 Å². The lowest BCUT2D eigenvalue weighted by molar-refractivity contribution is -0.118. The Morgan fingerprint density at radius 2 is 1.63 bits per heavy atom. The molecule has 3 fully saturated rings. The minimum absolute atomic E-state index is 0.0550. The van der Waals surface area contributed by atoms with E-state index in [0.717, 1.165) is 85.2 Å². The Kier molecular flexibility index (Phi) is 10.6. The number of rotatable bonds is 9. The molecule has 3 aliphatic rings. The Labute approximate surface area is 273 Å². The highest BCUT2D eigenvalue weighted by Gasteiger charge is 2.33. The van der Waals surface area contributed by atoms with Crippen LogP contribution in [0, 0.1) is 5.92 Å². The summed E-state index contributed by atoms with van der Waals surface area (Å²) in [6.45, 7) is 3.34. The minimum Gasteiger partial charge on any atom is -0.453 e. The zero-order valence-electron chi connectivity index (χ0n) is 27.0. The average Bonchev–Trinajstić information content (AvgIpc) is 3.63. The quantitative estimate of drug-likeness (QED) is 0.268. The number of anilines is 2. The van der Waals surface area contributed by atoms with Crippen molar-refractivity contribution in [3.05, 3.63) is 83.9 Å². The summed E-state index contributed by atoms with van der Waals surface area (Å²) in [6.07, 6.45) is 7.78. The number of methoxy groups -OCH3 is 1. The van der Waals surface area contributed by atoms with Crippen LogP contribution < -0.4 is 16.0 Å². The molecule has 0 aromatic heterocycles. The Morgan fingerprint density at radius 3 is 2.35 bits per heavy atom. The van der Waals surface area contributed by atoms with Gasteiger partial charge in [0, 0.05) is 31.7 Å². The Balaban J connectivity index is 1.29. The first-order valence-electron chi connectivity index (χ1n) is 17.0. The lowest BCUT2D eigenvalue weighted by Gasteiger charge is -2.35. The van der Waals surface area contributed by atoms with E-state index in [0.29, 0.717) is 25.7 Å². The van der Waals surface area contributed by atoms with Crippen LogP contribution in [0.5, 0.6) is 0 Å². The molecule has 0 bridgehead atoms. The van der Waals surface area contributed by atoms with Crippen molar-refractivity contribution in [1.29, 1.82) is 0 Å². The number of nitrogens with one attached hydrogen (secondary N) is 1. The molecule has 0 spiro atoms. The van der Waals surface area contributed by atoms with Gasteiger partial charge in [0.25, 0.3) is 0 Å². The molecule has 1 saturated heterocycles. The van der Waals surface area contributed by atoms with Gasteiger partial charge in [0.15, 0.2) is 0 Å². The fraction of sp³-hybridized carbons (Fsp3) is 0.474. The topological polar surface area (TPSA) is 97.1 Å². The average molecular weight is 625 g/mol. The van der Waals surface area contributed by atoms with Gasteiger partial charge in [0.05, 0.1) is 37.6 Å². The molecule has 46 heavy (non-hydrogen) atoms. The van der Waals surface area contributed by atoms with Crippen molar-refractivity contribution in [1.82, 2.24) is 4.90 Å². The summed E-state index contributed by atoms with van der Waals surface area (Å²) in [7, 11) is 1.45. The second-order valence-corrected chi connectivity index (χ2v) is 13.1. The molecular weight excluding hydrogens is 576 g/mol. The molecular formula is C38H48N4O4. The van der Waals surface area contributed by atoms with Crippen LogP contribution in [-0.4, -0.2) is 62.4 Å². The van der Waals surface area contributed by atoms with Gasteiger partial charge >= 0.3 is 6.09 Å². The van der Waals surface area contributed by atoms with Gasteiger partial charge in [-0.05, 0) is 84.9 Å². The smallest absolute Gasteiger partial charge is 0.410 e. The number of benzene rings is 3. The molecule has 244 valence electrons. The fourth-order valence-corrected chi connectivity index (χ4v) is 7.61. The van der Waals surface area contributed by atoms with Crippen molar-refractivity contribution in [2.45, 2.75) is 75.9 Å². The van der Waals surface area contributed by atoms with Gasteiger partial charge in [-0.25, -0.2) is 4.79 Å². The third kappa shape index (κ3) is 7.56. The van der Waals surface area contributed by atoms with Crippen molar-refractivity contribution < 1.29 is 19.1 Å². The predicted molar refractivity (Wildman–Crippen MR) is 183 cm³/mol. The van der Waals surface area contributed by atoms with Crippen LogP contribution in [0.25, 0.3) is 11.1 Å². The molecule has 3 N–H and O–H groups in total. The molecule has 2 saturated carbocycles. The normalized spacial score (nSPS) is 21.0. The number of amides is 2.